The summed E-state index contributed by atoms with van der Waals surface area (Å²) in [5, 5.41) is 0.556. The van der Waals surface area contributed by atoms with E-state index in [1.54, 1.807) is 6.07 Å². The van der Waals surface area contributed by atoms with Crippen LogP contribution in [0, 0.1) is 0 Å². The number of amides is 1. The van der Waals surface area contributed by atoms with E-state index in [2.05, 4.69) is 15.4 Å². The van der Waals surface area contributed by atoms with Crippen molar-refractivity contribution < 1.29 is 4.79 Å². The smallest absolute Gasteiger partial charge is 0.275 e. The zero-order valence-corrected chi connectivity index (χ0v) is 10.8. The Morgan fingerprint density at radius 2 is 2.33 bits per heavy atom. The van der Waals surface area contributed by atoms with Crippen LogP contribution in [0.1, 0.15) is 14.5 Å². The molecule has 8 heteroatoms. The lowest BCUT2D eigenvalue weighted by atomic mass is 10.4. The molecule has 2 aromatic rings. The molecular weight excluding hydrogens is 272 g/mol. The van der Waals surface area contributed by atoms with Crippen molar-refractivity contribution in [2.24, 2.45) is 5.84 Å². The van der Waals surface area contributed by atoms with Crippen molar-refractivity contribution in [2.45, 2.75) is 10.9 Å². The maximum atomic E-state index is 11.3. The number of carbonyl (C=O) groups excluding carboxylic acids is 1. The summed E-state index contributed by atoms with van der Waals surface area (Å²) >= 11 is 2.76. The minimum atomic E-state index is -0.303. The molecule has 0 saturated heterocycles. The molecular formula is C10H10N4O2S2. The molecule has 4 N–H and O–H groups in total. The van der Waals surface area contributed by atoms with Crippen LogP contribution < -0.4 is 16.8 Å². The third kappa shape index (κ3) is 3.19. The molecule has 0 bridgehead atoms. The second kappa shape index (κ2) is 5.80. The summed E-state index contributed by atoms with van der Waals surface area (Å²) < 4.78 is 0. The summed E-state index contributed by atoms with van der Waals surface area (Å²) in [7, 11) is 0. The highest BCUT2D eigenvalue weighted by Gasteiger charge is 2.08. The molecule has 2 aromatic heterocycles. The van der Waals surface area contributed by atoms with Crippen molar-refractivity contribution >= 4 is 29.0 Å². The number of hydrazine groups is 1. The van der Waals surface area contributed by atoms with Crippen LogP contribution in [0.15, 0.2) is 34.3 Å². The van der Waals surface area contributed by atoms with Crippen LogP contribution in [0.5, 0.6) is 0 Å². The molecule has 0 aromatic carbocycles. The Hall–Kier alpha value is -1.64. The van der Waals surface area contributed by atoms with Gasteiger partial charge in [-0.1, -0.05) is 11.8 Å². The Morgan fingerprint density at radius 1 is 1.50 bits per heavy atom. The first-order valence-corrected chi connectivity index (χ1v) is 6.77. The van der Waals surface area contributed by atoms with Gasteiger partial charge in [0.05, 0.1) is 4.88 Å². The summed E-state index contributed by atoms with van der Waals surface area (Å²) in [6.07, 6.45) is 1.46. The number of thioether (sulfide) groups is 1. The van der Waals surface area contributed by atoms with Crippen molar-refractivity contribution in [2.75, 3.05) is 0 Å². The predicted octanol–water partition coefficient (Wildman–Crippen LogP) is 0.727. The largest absolute Gasteiger partial charge is 0.301 e. The number of aromatic nitrogens is 2. The molecule has 0 atom stereocenters. The lowest BCUT2D eigenvalue weighted by molar-refractivity contribution is 0.0957. The zero-order valence-electron chi connectivity index (χ0n) is 9.17. The van der Waals surface area contributed by atoms with Gasteiger partial charge in [0.1, 0.15) is 0 Å². The molecule has 18 heavy (non-hydrogen) atoms. The molecule has 0 unspecified atom stereocenters. The first kappa shape index (κ1) is 12.8. The lowest BCUT2D eigenvalue weighted by Crippen LogP contribution is -2.29. The quantitative estimate of drug-likeness (QED) is 0.252. The number of rotatable bonds is 4. The number of nitrogens with one attached hydrogen (secondary N) is 2. The Balaban J connectivity index is 2.00. The van der Waals surface area contributed by atoms with Crippen LogP contribution in [0.2, 0.25) is 0 Å². The Kier molecular flexibility index (Phi) is 4.13. The van der Waals surface area contributed by atoms with E-state index < -0.39 is 0 Å². The lowest BCUT2D eigenvalue weighted by Gasteiger charge is -1.97. The molecule has 1 amide bonds. The molecule has 0 spiro atoms. The van der Waals surface area contributed by atoms with Crippen LogP contribution in [-0.2, 0) is 5.75 Å². The highest BCUT2D eigenvalue weighted by Crippen LogP contribution is 2.24. The van der Waals surface area contributed by atoms with Crippen LogP contribution in [0.3, 0.4) is 0 Å². The van der Waals surface area contributed by atoms with Crippen molar-refractivity contribution in [3.05, 3.63) is 44.5 Å². The van der Waals surface area contributed by atoms with Gasteiger partial charge in [0.15, 0.2) is 5.16 Å². The highest BCUT2D eigenvalue weighted by atomic mass is 32.2. The summed E-state index contributed by atoms with van der Waals surface area (Å²) in [6, 6.07) is 4.92. The van der Waals surface area contributed by atoms with Crippen molar-refractivity contribution in [3.8, 4) is 0 Å². The van der Waals surface area contributed by atoms with Gasteiger partial charge < -0.3 is 4.98 Å². The van der Waals surface area contributed by atoms with Crippen molar-refractivity contribution in [3.63, 3.8) is 0 Å². The van der Waals surface area contributed by atoms with Crippen molar-refractivity contribution in [1.29, 1.82) is 0 Å². The molecule has 2 heterocycles. The first-order chi connectivity index (χ1) is 8.69. The first-order valence-electron chi connectivity index (χ1n) is 4.97. The second-order valence-electron chi connectivity index (χ2n) is 3.27. The van der Waals surface area contributed by atoms with Gasteiger partial charge in [-0.25, -0.2) is 10.8 Å². The van der Waals surface area contributed by atoms with E-state index in [1.807, 2.05) is 6.07 Å². The Bertz CT molecular complexity index is 608. The van der Waals surface area contributed by atoms with Crippen molar-refractivity contribution in [1.82, 2.24) is 15.4 Å². The summed E-state index contributed by atoms with van der Waals surface area (Å²) in [5.41, 5.74) is 1.90. The van der Waals surface area contributed by atoms with E-state index in [0.29, 0.717) is 15.8 Å². The van der Waals surface area contributed by atoms with E-state index >= 15 is 0 Å². The van der Waals surface area contributed by atoms with Gasteiger partial charge in [-0.05, 0) is 12.1 Å². The standard InChI is InChI=1S/C10H10N4O2S2/c11-14-9(16)7-2-1-6(18-7)5-17-10-12-4-3-8(15)13-10/h1-4H,5,11H2,(H,14,16)(H,12,13,15). The minimum absolute atomic E-state index is 0.179. The summed E-state index contributed by atoms with van der Waals surface area (Å²) in [4.78, 5) is 30.5. The zero-order chi connectivity index (χ0) is 13.0. The molecule has 0 radical (unpaired) electrons. The fourth-order valence-electron chi connectivity index (χ4n) is 1.21. The number of hydrogen-bond donors (Lipinski definition) is 3. The van der Waals surface area contributed by atoms with Gasteiger partial charge in [-0.15, -0.1) is 11.3 Å². The highest BCUT2D eigenvalue weighted by molar-refractivity contribution is 7.98. The molecule has 2 rings (SSSR count). The fourth-order valence-corrected chi connectivity index (χ4v) is 3.02. The van der Waals surface area contributed by atoms with E-state index in [-0.39, 0.29) is 11.5 Å². The number of thiophene rings is 1. The van der Waals surface area contributed by atoms with E-state index in [9.17, 15) is 9.59 Å². The SMILES string of the molecule is NNC(=O)c1ccc(CSc2nccc(=O)[nH]2)s1. The number of carbonyl (C=O) groups is 1. The van der Waals surface area contributed by atoms with Gasteiger partial charge in [-0.2, -0.15) is 0 Å². The summed E-state index contributed by atoms with van der Waals surface area (Å²) in [5.74, 6) is 5.38. The Morgan fingerprint density at radius 3 is 3.06 bits per heavy atom. The molecule has 94 valence electrons. The van der Waals surface area contributed by atoms with Gasteiger partial charge >= 0.3 is 0 Å². The monoisotopic (exact) mass is 282 g/mol. The third-order valence-electron chi connectivity index (χ3n) is 2.02. The Labute approximate surface area is 111 Å². The van der Waals surface area contributed by atoms with Crippen LogP contribution in [0.4, 0.5) is 0 Å². The third-order valence-corrected chi connectivity index (χ3v) is 4.22. The van der Waals surface area contributed by atoms with E-state index in [4.69, 9.17) is 5.84 Å². The predicted molar refractivity (Wildman–Crippen MR) is 70.4 cm³/mol. The molecule has 0 saturated carbocycles. The number of nitrogens with zero attached hydrogens (tertiary/aromatic N) is 1. The molecule has 0 fully saturated rings. The van der Waals surface area contributed by atoms with E-state index in [1.165, 1.54) is 35.4 Å². The van der Waals surface area contributed by atoms with Gasteiger partial charge in [0.25, 0.3) is 11.5 Å². The number of H-pyrrole nitrogens is 1. The van der Waals surface area contributed by atoms with Gasteiger partial charge in [0, 0.05) is 22.9 Å². The fraction of sp³-hybridized carbons (Fsp3) is 0.100. The number of aromatic amines is 1. The number of hydrogen-bond acceptors (Lipinski definition) is 6. The average molecular weight is 282 g/mol. The molecule has 0 aliphatic rings. The molecule has 6 nitrogen and oxygen atoms in total. The number of nitrogens with two attached hydrogens (primary N) is 1. The average Bonchev–Trinajstić information content (AvgIpc) is 2.84. The van der Waals surface area contributed by atoms with Gasteiger partial charge in [0.2, 0.25) is 0 Å². The summed E-state index contributed by atoms with van der Waals surface area (Å²) in [6.45, 7) is 0. The van der Waals surface area contributed by atoms with Crippen LogP contribution >= 0.6 is 23.1 Å². The normalized spacial score (nSPS) is 10.3. The maximum Gasteiger partial charge on any atom is 0.275 e. The molecule has 0 aliphatic carbocycles. The second-order valence-corrected chi connectivity index (χ2v) is 5.40. The minimum Gasteiger partial charge on any atom is -0.301 e. The molecule has 0 aliphatic heterocycles. The topological polar surface area (TPSA) is 101 Å². The van der Waals surface area contributed by atoms with E-state index in [0.717, 1.165) is 4.88 Å². The number of nitrogen functional groups attached to an aromatic ring is 1. The van der Waals surface area contributed by atoms with Crippen LogP contribution in [-0.4, -0.2) is 15.9 Å². The van der Waals surface area contributed by atoms with Crippen LogP contribution in [0.25, 0.3) is 0 Å². The maximum absolute atomic E-state index is 11.3. The van der Waals surface area contributed by atoms with Gasteiger partial charge in [-0.3, -0.25) is 15.0 Å².